The van der Waals surface area contributed by atoms with Crippen LogP contribution in [0.15, 0.2) is 36.4 Å². The number of benzene rings is 2. The standard InChI is InChI=1S/C23H28F2N2O/c1-2-14-6-7-15-4-3-5-21(19(15)8-14)27-13-22(28)23(26)12-20(23)16-9-17(24)11-18(25)10-16/h6-11,20-22,27-28H,2-5,12-13,26H2,1H3/t20?,21-,22+,23-/m0/s1. The Balaban J connectivity index is 1.42. The molecule has 0 amide bonds. The van der Waals surface area contributed by atoms with Gasteiger partial charge in [-0.2, -0.15) is 0 Å². The molecule has 4 rings (SSSR count). The number of hydrogen-bond donors (Lipinski definition) is 3. The van der Waals surface area contributed by atoms with Gasteiger partial charge < -0.3 is 16.2 Å². The zero-order valence-electron chi connectivity index (χ0n) is 16.2. The Bertz CT molecular complexity index is 851. The molecule has 3 nitrogen and oxygen atoms in total. The van der Waals surface area contributed by atoms with Gasteiger partial charge in [-0.25, -0.2) is 8.78 Å². The first-order valence-corrected chi connectivity index (χ1v) is 10.2. The Morgan fingerprint density at radius 3 is 2.68 bits per heavy atom. The second kappa shape index (κ2) is 7.54. The highest BCUT2D eigenvalue weighted by Gasteiger charge is 2.56. The normalized spacial score (nSPS) is 27.3. The molecule has 0 aromatic heterocycles. The van der Waals surface area contributed by atoms with Crippen molar-refractivity contribution < 1.29 is 13.9 Å². The van der Waals surface area contributed by atoms with Crippen LogP contribution in [0.2, 0.25) is 0 Å². The van der Waals surface area contributed by atoms with Crippen LogP contribution in [0.1, 0.15) is 60.4 Å². The van der Waals surface area contributed by atoms with Gasteiger partial charge >= 0.3 is 0 Å². The van der Waals surface area contributed by atoms with E-state index in [0.717, 1.165) is 31.7 Å². The van der Waals surface area contributed by atoms with Crippen molar-refractivity contribution in [1.82, 2.24) is 5.32 Å². The summed E-state index contributed by atoms with van der Waals surface area (Å²) in [7, 11) is 0. The third-order valence-electron chi connectivity index (χ3n) is 6.44. The maximum absolute atomic E-state index is 13.5. The number of nitrogens with two attached hydrogens (primary N) is 1. The Labute approximate surface area is 165 Å². The van der Waals surface area contributed by atoms with E-state index < -0.39 is 23.3 Å². The summed E-state index contributed by atoms with van der Waals surface area (Å²) < 4.78 is 27.0. The number of nitrogens with one attached hydrogen (secondary N) is 1. The summed E-state index contributed by atoms with van der Waals surface area (Å²) in [5, 5.41) is 14.2. The summed E-state index contributed by atoms with van der Waals surface area (Å²) in [5.74, 6) is -1.44. The Kier molecular flexibility index (Phi) is 5.25. The van der Waals surface area contributed by atoms with E-state index in [-0.39, 0.29) is 12.0 Å². The monoisotopic (exact) mass is 386 g/mol. The van der Waals surface area contributed by atoms with Gasteiger partial charge in [0.05, 0.1) is 11.6 Å². The van der Waals surface area contributed by atoms with Crippen molar-refractivity contribution >= 4 is 0 Å². The van der Waals surface area contributed by atoms with Crippen LogP contribution in [-0.4, -0.2) is 23.3 Å². The van der Waals surface area contributed by atoms with Gasteiger partial charge in [-0.1, -0.05) is 25.1 Å². The minimum absolute atomic E-state index is 0.206. The maximum Gasteiger partial charge on any atom is 0.126 e. The van der Waals surface area contributed by atoms with E-state index in [4.69, 9.17) is 5.73 Å². The zero-order chi connectivity index (χ0) is 19.9. The maximum atomic E-state index is 13.5. The highest BCUT2D eigenvalue weighted by atomic mass is 19.1. The van der Waals surface area contributed by atoms with Crippen LogP contribution < -0.4 is 11.1 Å². The van der Waals surface area contributed by atoms with E-state index >= 15 is 0 Å². The molecule has 0 saturated heterocycles. The summed E-state index contributed by atoms with van der Waals surface area (Å²) in [6, 6.07) is 10.4. The lowest BCUT2D eigenvalue weighted by Crippen LogP contribution is -2.46. The average Bonchev–Trinajstić information content (AvgIpc) is 3.38. The van der Waals surface area contributed by atoms with Crippen LogP contribution in [0.4, 0.5) is 8.78 Å². The second-order valence-electron chi connectivity index (χ2n) is 8.33. The summed E-state index contributed by atoms with van der Waals surface area (Å²) in [6.45, 7) is 2.52. The molecule has 2 aromatic rings. The first kappa shape index (κ1) is 19.5. The summed E-state index contributed by atoms with van der Waals surface area (Å²) >= 11 is 0. The van der Waals surface area contributed by atoms with Crippen molar-refractivity contribution in [3.8, 4) is 0 Å². The average molecular weight is 386 g/mol. The van der Waals surface area contributed by atoms with Crippen LogP contribution >= 0.6 is 0 Å². The molecular weight excluding hydrogens is 358 g/mol. The van der Waals surface area contributed by atoms with Gasteiger partial charge in [0.2, 0.25) is 0 Å². The lowest BCUT2D eigenvalue weighted by Gasteiger charge is -2.29. The molecule has 2 aliphatic rings. The molecule has 2 aliphatic carbocycles. The largest absolute Gasteiger partial charge is 0.390 e. The SMILES string of the molecule is CCc1ccc2c(c1)[C@@H](NC[C@@H](O)[C@]1(N)CC1c1cc(F)cc(F)c1)CCC2. The van der Waals surface area contributed by atoms with Gasteiger partial charge in [-0.15, -0.1) is 0 Å². The van der Waals surface area contributed by atoms with Crippen molar-refractivity contribution in [3.05, 3.63) is 70.3 Å². The lowest BCUT2D eigenvalue weighted by atomic mass is 9.86. The summed E-state index contributed by atoms with van der Waals surface area (Å²) in [5.41, 5.74) is 10.1. The van der Waals surface area contributed by atoms with Crippen molar-refractivity contribution in [3.63, 3.8) is 0 Å². The summed E-state index contributed by atoms with van der Waals surface area (Å²) in [4.78, 5) is 0. The smallest absolute Gasteiger partial charge is 0.126 e. The highest BCUT2D eigenvalue weighted by molar-refractivity contribution is 5.37. The van der Waals surface area contributed by atoms with E-state index in [9.17, 15) is 13.9 Å². The number of hydrogen-bond acceptors (Lipinski definition) is 3. The number of rotatable bonds is 6. The van der Waals surface area contributed by atoms with Crippen LogP contribution in [0.25, 0.3) is 0 Å². The first-order chi connectivity index (χ1) is 13.4. The molecule has 4 atom stereocenters. The molecule has 0 heterocycles. The van der Waals surface area contributed by atoms with E-state index in [2.05, 4.69) is 30.4 Å². The number of aryl methyl sites for hydroxylation is 2. The third-order valence-corrected chi connectivity index (χ3v) is 6.44. The molecule has 1 fully saturated rings. The first-order valence-electron chi connectivity index (χ1n) is 10.2. The quantitative estimate of drug-likeness (QED) is 0.709. The van der Waals surface area contributed by atoms with Gasteiger partial charge in [0.15, 0.2) is 0 Å². The molecule has 1 unspecified atom stereocenters. The van der Waals surface area contributed by atoms with Gasteiger partial charge in [0.25, 0.3) is 0 Å². The van der Waals surface area contributed by atoms with Gasteiger partial charge in [0, 0.05) is 24.6 Å². The fraction of sp³-hybridized carbons (Fsp3) is 0.478. The Morgan fingerprint density at radius 1 is 1.21 bits per heavy atom. The predicted molar refractivity (Wildman–Crippen MR) is 106 cm³/mol. The van der Waals surface area contributed by atoms with E-state index in [0.29, 0.717) is 18.5 Å². The molecule has 0 aliphatic heterocycles. The molecule has 150 valence electrons. The molecule has 0 radical (unpaired) electrons. The molecule has 5 heteroatoms. The van der Waals surface area contributed by atoms with Crippen LogP contribution in [-0.2, 0) is 12.8 Å². The fourth-order valence-electron chi connectivity index (χ4n) is 4.59. The number of halogens is 2. The minimum atomic E-state index is -0.837. The number of aliphatic hydroxyl groups excluding tert-OH is 1. The van der Waals surface area contributed by atoms with Gasteiger partial charge in [-0.05, 0) is 66.5 Å². The summed E-state index contributed by atoms with van der Waals surface area (Å²) in [6.07, 6.45) is 3.99. The molecule has 1 saturated carbocycles. The van der Waals surface area contributed by atoms with Crippen molar-refractivity contribution in [2.24, 2.45) is 5.73 Å². The van der Waals surface area contributed by atoms with E-state index in [1.165, 1.54) is 28.8 Å². The van der Waals surface area contributed by atoms with E-state index in [1.807, 2.05) is 0 Å². The number of fused-ring (bicyclic) bond motifs is 1. The minimum Gasteiger partial charge on any atom is -0.390 e. The van der Waals surface area contributed by atoms with Crippen molar-refractivity contribution in [2.45, 2.75) is 62.6 Å². The highest BCUT2D eigenvalue weighted by Crippen LogP contribution is 2.51. The number of aliphatic hydroxyl groups is 1. The Morgan fingerprint density at radius 2 is 1.96 bits per heavy atom. The third kappa shape index (κ3) is 3.71. The molecule has 2 aromatic carbocycles. The van der Waals surface area contributed by atoms with Crippen molar-refractivity contribution in [2.75, 3.05) is 6.54 Å². The topological polar surface area (TPSA) is 58.3 Å². The molecule has 28 heavy (non-hydrogen) atoms. The zero-order valence-corrected chi connectivity index (χ0v) is 16.2. The molecule has 0 spiro atoms. The van der Waals surface area contributed by atoms with E-state index in [1.54, 1.807) is 0 Å². The second-order valence-corrected chi connectivity index (χ2v) is 8.33. The van der Waals surface area contributed by atoms with Crippen LogP contribution in [0.3, 0.4) is 0 Å². The van der Waals surface area contributed by atoms with Crippen LogP contribution in [0.5, 0.6) is 0 Å². The molecular formula is C23H28F2N2O. The fourth-order valence-corrected chi connectivity index (χ4v) is 4.59. The van der Waals surface area contributed by atoms with Gasteiger partial charge in [-0.3, -0.25) is 0 Å². The Hall–Kier alpha value is -1.82. The lowest BCUT2D eigenvalue weighted by molar-refractivity contribution is 0.124. The molecule has 0 bridgehead atoms. The van der Waals surface area contributed by atoms with Crippen LogP contribution in [0, 0.1) is 11.6 Å². The predicted octanol–water partition coefficient (Wildman–Crippen LogP) is 3.74. The van der Waals surface area contributed by atoms with Crippen molar-refractivity contribution in [1.29, 1.82) is 0 Å². The molecule has 4 N–H and O–H groups in total. The van der Waals surface area contributed by atoms with Gasteiger partial charge in [0.1, 0.15) is 11.6 Å².